The van der Waals surface area contributed by atoms with Gasteiger partial charge in [-0.25, -0.2) is 0 Å². The maximum atomic E-state index is 2.96. The van der Waals surface area contributed by atoms with E-state index < -0.39 is 0 Å². The molecular weight excluding hydrogens is 216 g/mol. The topological polar surface area (TPSA) is 0 Å². The largest absolute Gasteiger partial charge is 0.101 e. The van der Waals surface area contributed by atoms with Gasteiger partial charge in [-0.3, -0.25) is 0 Å². The van der Waals surface area contributed by atoms with Crippen molar-refractivity contribution in [2.24, 2.45) is 0 Å². The van der Waals surface area contributed by atoms with Crippen LogP contribution in [0.2, 0.25) is 0 Å². The zero-order valence-corrected chi connectivity index (χ0v) is 10.9. The lowest BCUT2D eigenvalue weighted by molar-refractivity contribution is 1.64. The van der Waals surface area contributed by atoms with Crippen LogP contribution in [0.5, 0.6) is 0 Å². The molecule has 0 atom stereocenters. The monoisotopic (exact) mass is 234 g/mol. The molecule has 0 fully saturated rings. The van der Waals surface area contributed by atoms with Gasteiger partial charge in [-0.05, 0) is 31.5 Å². The van der Waals surface area contributed by atoms with Gasteiger partial charge >= 0.3 is 0 Å². The SMILES string of the molecule is CC#Cc1ccccc1.CC=Cc1ccccc1. The molecule has 0 aliphatic rings. The summed E-state index contributed by atoms with van der Waals surface area (Å²) in [7, 11) is 0. The second kappa shape index (κ2) is 8.84. The number of rotatable bonds is 1. The van der Waals surface area contributed by atoms with Crippen LogP contribution >= 0.6 is 0 Å². The molecule has 0 aliphatic heterocycles. The Morgan fingerprint density at radius 1 is 0.833 bits per heavy atom. The van der Waals surface area contributed by atoms with Crippen LogP contribution in [0.4, 0.5) is 0 Å². The van der Waals surface area contributed by atoms with Crippen LogP contribution in [0.1, 0.15) is 25.0 Å². The molecular formula is C18H18. The maximum Gasteiger partial charge on any atom is 0.0245 e. The zero-order valence-electron chi connectivity index (χ0n) is 10.9. The lowest BCUT2D eigenvalue weighted by Crippen LogP contribution is -1.67. The second-order valence-corrected chi connectivity index (χ2v) is 3.65. The first-order valence-electron chi connectivity index (χ1n) is 6.02. The van der Waals surface area contributed by atoms with Crippen LogP contribution in [0.15, 0.2) is 66.7 Å². The molecule has 0 unspecified atom stereocenters. The fourth-order valence-corrected chi connectivity index (χ4v) is 1.42. The average molecular weight is 234 g/mol. The van der Waals surface area contributed by atoms with Crippen LogP contribution in [0.25, 0.3) is 6.08 Å². The van der Waals surface area contributed by atoms with Gasteiger partial charge in [-0.2, -0.15) is 0 Å². The van der Waals surface area contributed by atoms with E-state index in [0.29, 0.717) is 0 Å². The molecule has 2 aromatic carbocycles. The highest BCUT2D eigenvalue weighted by Crippen LogP contribution is 1.99. The summed E-state index contributed by atoms with van der Waals surface area (Å²) < 4.78 is 0. The van der Waals surface area contributed by atoms with Crippen molar-refractivity contribution in [3.63, 3.8) is 0 Å². The standard InChI is InChI=1S/C9H10.C9H8/c2*1-2-6-9-7-4-3-5-8-9/h2-8H,1H3;3-5,7-8H,1H3. The summed E-state index contributed by atoms with van der Waals surface area (Å²) >= 11 is 0. The van der Waals surface area contributed by atoms with E-state index in [1.54, 1.807) is 0 Å². The van der Waals surface area contributed by atoms with Crippen molar-refractivity contribution >= 4 is 6.08 Å². The van der Waals surface area contributed by atoms with Gasteiger partial charge in [-0.1, -0.05) is 66.6 Å². The van der Waals surface area contributed by atoms with Crippen LogP contribution in [-0.4, -0.2) is 0 Å². The van der Waals surface area contributed by atoms with Gasteiger partial charge in [0.25, 0.3) is 0 Å². The Morgan fingerprint density at radius 3 is 1.89 bits per heavy atom. The Hall–Kier alpha value is -2.26. The minimum atomic E-state index is 1.08. The van der Waals surface area contributed by atoms with E-state index in [4.69, 9.17) is 0 Å². The molecule has 90 valence electrons. The molecule has 0 aromatic heterocycles. The third-order valence-electron chi connectivity index (χ3n) is 2.20. The molecule has 0 bridgehead atoms. The lowest BCUT2D eigenvalue weighted by atomic mass is 10.2. The summed E-state index contributed by atoms with van der Waals surface area (Å²) in [5.74, 6) is 5.79. The fourth-order valence-electron chi connectivity index (χ4n) is 1.42. The van der Waals surface area contributed by atoms with Crippen LogP contribution < -0.4 is 0 Å². The first-order valence-corrected chi connectivity index (χ1v) is 6.02. The zero-order chi connectivity index (χ0) is 13.1. The van der Waals surface area contributed by atoms with Crippen molar-refractivity contribution in [3.8, 4) is 11.8 Å². The first-order chi connectivity index (χ1) is 8.86. The molecule has 18 heavy (non-hydrogen) atoms. The molecule has 0 radical (unpaired) electrons. The van der Waals surface area contributed by atoms with Crippen molar-refractivity contribution in [2.45, 2.75) is 13.8 Å². The van der Waals surface area contributed by atoms with E-state index in [1.165, 1.54) is 5.56 Å². The van der Waals surface area contributed by atoms with Crippen molar-refractivity contribution in [1.29, 1.82) is 0 Å². The summed E-state index contributed by atoms with van der Waals surface area (Å²) in [5.41, 5.74) is 2.35. The Morgan fingerprint density at radius 2 is 1.39 bits per heavy atom. The van der Waals surface area contributed by atoms with Crippen LogP contribution in [0, 0.1) is 11.8 Å². The first kappa shape index (κ1) is 13.8. The summed E-state index contributed by atoms with van der Waals surface area (Å²) in [6.45, 7) is 3.86. The van der Waals surface area contributed by atoms with E-state index in [-0.39, 0.29) is 0 Å². The number of hydrogen-bond donors (Lipinski definition) is 0. The minimum Gasteiger partial charge on any atom is -0.101 e. The quantitative estimate of drug-likeness (QED) is 0.623. The van der Waals surface area contributed by atoms with E-state index in [2.05, 4.69) is 30.0 Å². The fraction of sp³-hybridized carbons (Fsp3) is 0.111. The Labute approximate surface area is 110 Å². The molecule has 0 amide bonds. The minimum absolute atomic E-state index is 1.08. The van der Waals surface area contributed by atoms with Crippen LogP contribution in [0.3, 0.4) is 0 Å². The number of hydrogen-bond acceptors (Lipinski definition) is 0. The Bertz CT molecular complexity index is 510. The average Bonchev–Trinajstić information content (AvgIpc) is 2.43. The van der Waals surface area contributed by atoms with Crippen molar-refractivity contribution in [1.82, 2.24) is 0 Å². The molecule has 0 heteroatoms. The lowest BCUT2D eigenvalue weighted by Gasteiger charge is -1.86. The molecule has 0 spiro atoms. The highest BCUT2D eigenvalue weighted by molar-refractivity contribution is 5.47. The van der Waals surface area contributed by atoms with Crippen molar-refractivity contribution < 1.29 is 0 Å². The summed E-state index contributed by atoms with van der Waals surface area (Å²) in [6.07, 6.45) is 4.12. The maximum absolute atomic E-state index is 2.96. The number of allylic oxidation sites excluding steroid dienone is 1. The van der Waals surface area contributed by atoms with Gasteiger partial charge in [0.1, 0.15) is 0 Å². The predicted molar refractivity (Wildman–Crippen MR) is 80.1 cm³/mol. The molecule has 0 nitrogen and oxygen atoms in total. The highest BCUT2D eigenvalue weighted by Gasteiger charge is 1.78. The third-order valence-corrected chi connectivity index (χ3v) is 2.20. The van der Waals surface area contributed by atoms with Crippen molar-refractivity contribution in [3.05, 3.63) is 77.9 Å². The Balaban J connectivity index is 0.000000180. The van der Waals surface area contributed by atoms with E-state index in [9.17, 15) is 0 Å². The molecule has 2 rings (SSSR count). The normalized spacial score (nSPS) is 9.00. The third kappa shape index (κ3) is 5.72. The molecule has 0 saturated carbocycles. The molecule has 0 aliphatic carbocycles. The van der Waals surface area contributed by atoms with Gasteiger partial charge in [0.2, 0.25) is 0 Å². The molecule has 0 saturated heterocycles. The van der Waals surface area contributed by atoms with Gasteiger partial charge in [0.15, 0.2) is 0 Å². The smallest absolute Gasteiger partial charge is 0.0245 e. The molecule has 0 N–H and O–H groups in total. The number of benzene rings is 2. The second-order valence-electron chi connectivity index (χ2n) is 3.65. The van der Waals surface area contributed by atoms with Gasteiger partial charge in [0, 0.05) is 5.56 Å². The summed E-state index contributed by atoms with van der Waals surface area (Å²) in [4.78, 5) is 0. The van der Waals surface area contributed by atoms with E-state index >= 15 is 0 Å². The summed E-state index contributed by atoms with van der Waals surface area (Å²) in [6, 6.07) is 20.2. The highest BCUT2D eigenvalue weighted by atomic mass is 13.8. The Kier molecular flexibility index (Phi) is 6.78. The molecule has 2 aromatic rings. The van der Waals surface area contributed by atoms with E-state index in [0.717, 1.165) is 5.56 Å². The van der Waals surface area contributed by atoms with Gasteiger partial charge in [-0.15, -0.1) is 5.92 Å². The van der Waals surface area contributed by atoms with Crippen LogP contribution in [-0.2, 0) is 0 Å². The van der Waals surface area contributed by atoms with Gasteiger partial charge < -0.3 is 0 Å². The molecule has 0 heterocycles. The van der Waals surface area contributed by atoms with Crippen molar-refractivity contribution in [2.75, 3.05) is 0 Å². The summed E-state index contributed by atoms with van der Waals surface area (Å²) in [5, 5.41) is 0. The predicted octanol–water partition coefficient (Wildman–Crippen LogP) is 4.78. The van der Waals surface area contributed by atoms with E-state index in [1.807, 2.05) is 68.5 Å². The van der Waals surface area contributed by atoms with Gasteiger partial charge in [0.05, 0.1) is 0 Å².